The molecule has 0 saturated carbocycles. The van der Waals surface area contributed by atoms with Gasteiger partial charge in [-0.3, -0.25) is 19.3 Å². The fraction of sp³-hybridized carbons (Fsp3) is 0.250. The van der Waals surface area contributed by atoms with E-state index in [1.54, 1.807) is 24.3 Å². The normalized spacial score (nSPS) is 11.6. The van der Waals surface area contributed by atoms with Gasteiger partial charge in [-0.15, -0.1) is 0 Å². The first-order valence-electron chi connectivity index (χ1n) is 12.6. The highest BCUT2D eigenvalue weighted by Gasteiger charge is 2.36. The van der Waals surface area contributed by atoms with Gasteiger partial charge in [-0.1, -0.05) is 0 Å². The van der Waals surface area contributed by atoms with Crippen molar-refractivity contribution in [3.8, 4) is 17.1 Å². The zero-order chi connectivity index (χ0) is 31.5. The van der Waals surface area contributed by atoms with Gasteiger partial charge < -0.3 is 14.5 Å². The lowest BCUT2D eigenvalue weighted by Crippen LogP contribution is -2.42. The molecule has 0 bridgehead atoms. The molecule has 3 heterocycles. The van der Waals surface area contributed by atoms with E-state index in [0.717, 1.165) is 18.5 Å². The van der Waals surface area contributed by atoms with Gasteiger partial charge in [-0.25, -0.2) is 19.4 Å². The van der Waals surface area contributed by atoms with Crippen molar-refractivity contribution in [2.45, 2.75) is 39.5 Å². The molecule has 4 aromatic rings. The van der Waals surface area contributed by atoms with Crippen molar-refractivity contribution in [2.24, 2.45) is 0 Å². The molecule has 4 rings (SSSR count). The van der Waals surface area contributed by atoms with Crippen LogP contribution in [0.5, 0.6) is 0 Å². The number of hydrogen-bond donors (Lipinski definition) is 1. The van der Waals surface area contributed by atoms with Crippen molar-refractivity contribution in [1.82, 2.24) is 19.7 Å². The number of alkyl halides is 3. The number of carbonyl (C=O) groups is 4. The number of oxazole rings is 1. The van der Waals surface area contributed by atoms with Crippen LogP contribution in [0.15, 0.2) is 59.5 Å². The van der Waals surface area contributed by atoms with Gasteiger partial charge in [-0.05, 0) is 57.2 Å². The molecular formula is C28H25F3N6O6. The summed E-state index contributed by atoms with van der Waals surface area (Å²) in [7, 11) is 0. The van der Waals surface area contributed by atoms with Crippen LogP contribution >= 0.6 is 0 Å². The molecule has 15 heteroatoms. The number of Topliss-reactive ketones (excluding diaryl/α,β-unsaturated/α-hetero) is 1. The van der Waals surface area contributed by atoms with Crippen molar-refractivity contribution in [1.29, 1.82) is 0 Å². The molecule has 43 heavy (non-hydrogen) atoms. The summed E-state index contributed by atoms with van der Waals surface area (Å²) in [4.78, 5) is 57.0. The van der Waals surface area contributed by atoms with Crippen molar-refractivity contribution < 1.29 is 41.5 Å². The largest absolute Gasteiger partial charge is 0.444 e. The molecule has 224 valence electrons. The minimum absolute atomic E-state index is 0.0396. The topological polar surface area (TPSA) is 150 Å². The maximum Gasteiger partial charge on any atom is 0.416 e. The van der Waals surface area contributed by atoms with Gasteiger partial charge in [0.15, 0.2) is 17.2 Å². The number of ether oxygens (including phenoxy) is 1. The van der Waals surface area contributed by atoms with Gasteiger partial charge in [0.2, 0.25) is 5.89 Å². The standard InChI is InChI=1S/C28H25F3N6O6/c1-16(39)23-20(12-37(35-23)19-7-5-17(13-38)6-8-19)33-24(40)21-14-42-25(34-21)18-9-10-32-22(11-18)36(15-28(29,30)31)26(41)43-27(2,3)4/h5-14H,15H2,1-4H3,(H,33,40). The third-order valence-corrected chi connectivity index (χ3v) is 5.55. The second-order valence-corrected chi connectivity index (χ2v) is 10.2. The zero-order valence-electron chi connectivity index (χ0n) is 23.3. The zero-order valence-corrected chi connectivity index (χ0v) is 23.3. The first kappa shape index (κ1) is 30.6. The Labute approximate surface area is 242 Å². The van der Waals surface area contributed by atoms with Crippen LogP contribution < -0.4 is 10.2 Å². The fourth-order valence-corrected chi connectivity index (χ4v) is 3.69. The van der Waals surface area contributed by atoms with Crippen LogP contribution in [0, 0.1) is 0 Å². The maximum atomic E-state index is 13.3. The number of pyridine rings is 1. The van der Waals surface area contributed by atoms with Crippen molar-refractivity contribution in [3.05, 3.63) is 72.0 Å². The van der Waals surface area contributed by atoms with Crippen LogP contribution in [0.2, 0.25) is 0 Å². The number of ketones is 1. The van der Waals surface area contributed by atoms with Gasteiger partial charge in [0.1, 0.15) is 30.5 Å². The SMILES string of the molecule is CC(=O)c1nn(-c2ccc(C=O)cc2)cc1NC(=O)c1coc(-c2ccnc(N(CC(F)(F)F)C(=O)OC(C)(C)C)c2)n1. The number of benzene rings is 1. The van der Waals surface area contributed by atoms with Crippen LogP contribution in [0.3, 0.4) is 0 Å². The molecule has 0 radical (unpaired) electrons. The van der Waals surface area contributed by atoms with E-state index >= 15 is 0 Å². The van der Waals surface area contributed by atoms with Crippen LogP contribution in [0.4, 0.5) is 29.5 Å². The Balaban J connectivity index is 1.58. The minimum Gasteiger partial charge on any atom is -0.444 e. The predicted octanol–water partition coefficient (Wildman–Crippen LogP) is 5.49. The number of aldehydes is 1. The Bertz CT molecular complexity index is 1670. The van der Waals surface area contributed by atoms with Gasteiger partial charge in [0, 0.05) is 24.2 Å². The summed E-state index contributed by atoms with van der Waals surface area (Å²) < 4.78 is 51.7. The van der Waals surface area contributed by atoms with Crippen LogP contribution in [0.1, 0.15) is 59.0 Å². The Hall–Kier alpha value is -5.34. The molecule has 0 aliphatic heterocycles. The number of amides is 2. The lowest BCUT2D eigenvalue weighted by Gasteiger charge is -2.27. The molecule has 0 atom stereocenters. The molecule has 1 aromatic carbocycles. The molecule has 0 aliphatic rings. The Morgan fingerprint density at radius 2 is 1.81 bits per heavy atom. The number of nitrogens with zero attached hydrogens (tertiary/aromatic N) is 5. The van der Waals surface area contributed by atoms with E-state index in [9.17, 15) is 32.3 Å². The second-order valence-electron chi connectivity index (χ2n) is 10.2. The lowest BCUT2D eigenvalue weighted by atomic mass is 10.2. The fourth-order valence-electron chi connectivity index (χ4n) is 3.69. The summed E-state index contributed by atoms with van der Waals surface area (Å²) in [6, 6.07) is 8.85. The molecule has 0 fully saturated rings. The van der Waals surface area contributed by atoms with E-state index < -0.39 is 36.1 Å². The number of halogens is 3. The molecule has 0 aliphatic carbocycles. The van der Waals surface area contributed by atoms with Gasteiger partial charge >= 0.3 is 12.3 Å². The van der Waals surface area contributed by atoms with E-state index in [4.69, 9.17) is 9.15 Å². The molecule has 0 spiro atoms. The highest BCUT2D eigenvalue weighted by Crippen LogP contribution is 2.27. The maximum absolute atomic E-state index is 13.3. The third-order valence-electron chi connectivity index (χ3n) is 5.55. The Kier molecular flexibility index (Phi) is 8.45. The summed E-state index contributed by atoms with van der Waals surface area (Å²) in [5, 5.41) is 6.76. The Morgan fingerprint density at radius 1 is 1.12 bits per heavy atom. The van der Waals surface area contributed by atoms with Crippen LogP contribution in [-0.4, -0.2) is 62.1 Å². The molecule has 2 amide bonds. The summed E-state index contributed by atoms with van der Waals surface area (Å²) in [6.45, 7) is 4.14. The highest BCUT2D eigenvalue weighted by molar-refractivity contribution is 6.07. The molecule has 12 nitrogen and oxygen atoms in total. The quantitative estimate of drug-likeness (QED) is 0.205. The summed E-state index contributed by atoms with van der Waals surface area (Å²) in [6.07, 6.45) is -1.76. The monoisotopic (exact) mass is 598 g/mol. The van der Waals surface area contributed by atoms with E-state index in [0.29, 0.717) is 22.4 Å². The van der Waals surface area contributed by atoms with Gasteiger partial charge in [0.25, 0.3) is 5.91 Å². The number of anilines is 2. The average Bonchev–Trinajstić information content (AvgIpc) is 3.59. The first-order chi connectivity index (χ1) is 20.1. The number of hydrogen-bond acceptors (Lipinski definition) is 9. The lowest BCUT2D eigenvalue weighted by molar-refractivity contribution is -0.119. The average molecular weight is 599 g/mol. The van der Waals surface area contributed by atoms with Crippen molar-refractivity contribution >= 4 is 35.6 Å². The Morgan fingerprint density at radius 3 is 2.42 bits per heavy atom. The minimum atomic E-state index is -4.76. The van der Waals surface area contributed by atoms with Gasteiger partial charge in [0.05, 0.1) is 17.6 Å². The van der Waals surface area contributed by atoms with E-state index in [2.05, 4.69) is 20.4 Å². The molecule has 3 aromatic heterocycles. The molecule has 0 saturated heterocycles. The number of carbonyl (C=O) groups excluding carboxylic acids is 4. The number of aromatic nitrogens is 4. The van der Waals surface area contributed by atoms with E-state index in [1.165, 1.54) is 44.6 Å². The molecular weight excluding hydrogens is 573 g/mol. The smallest absolute Gasteiger partial charge is 0.416 e. The second kappa shape index (κ2) is 11.9. The van der Waals surface area contributed by atoms with Crippen LogP contribution in [0.25, 0.3) is 17.1 Å². The van der Waals surface area contributed by atoms with E-state index in [-0.39, 0.29) is 34.3 Å². The predicted molar refractivity (Wildman–Crippen MR) is 146 cm³/mol. The van der Waals surface area contributed by atoms with E-state index in [1.807, 2.05) is 0 Å². The summed E-state index contributed by atoms with van der Waals surface area (Å²) in [5.74, 6) is -1.73. The number of nitrogens with one attached hydrogen (secondary N) is 1. The first-order valence-corrected chi connectivity index (χ1v) is 12.6. The van der Waals surface area contributed by atoms with Crippen molar-refractivity contribution in [3.63, 3.8) is 0 Å². The summed E-state index contributed by atoms with van der Waals surface area (Å²) >= 11 is 0. The highest BCUT2D eigenvalue weighted by atomic mass is 19.4. The molecule has 0 unspecified atom stereocenters. The van der Waals surface area contributed by atoms with Gasteiger partial charge in [-0.2, -0.15) is 18.3 Å². The summed E-state index contributed by atoms with van der Waals surface area (Å²) in [5.41, 5.74) is -0.159. The van der Waals surface area contributed by atoms with Crippen molar-refractivity contribution in [2.75, 3.05) is 16.8 Å². The molecule has 1 N–H and O–H groups in total. The number of rotatable bonds is 8. The third kappa shape index (κ3) is 7.69. The van der Waals surface area contributed by atoms with Crippen LogP contribution in [-0.2, 0) is 4.74 Å².